The average Bonchev–Trinajstić information content (AvgIpc) is 2.53. The molecule has 0 aromatic carbocycles. The molecule has 1 amide bonds. The molecule has 1 aliphatic carbocycles. The molecule has 0 aliphatic heterocycles. The fraction of sp³-hybridized carbons (Fsp3) is 0.562. The Morgan fingerprint density at radius 2 is 2.00 bits per heavy atom. The number of carbonyl (C=O) groups is 2. The second kappa shape index (κ2) is 6.70. The van der Waals surface area contributed by atoms with Crippen LogP contribution < -0.4 is 5.32 Å². The maximum Gasteiger partial charge on any atom is 0.313 e. The zero-order chi connectivity index (χ0) is 15.3. The Labute approximate surface area is 125 Å². The van der Waals surface area contributed by atoms with Gasteiger partial charge in [-0.15, -0.1) is 0 Å². The molecule has 0 atom stereocenters. The Balaban J connectivity index is 2.03. The van der Waals surface area contributed by atoms with Gasteiger partial charge in [0.25, 0.3) is 5.91 Å². The summed E-state index contributed by atoms with van der Waals surface area (Å²) in [6.07, 6.45) is 6.22. The summed E-state index contributed by atoms with van der Waals surface area (Å²) >= 11 is 0. The van der Waals surface area contributed by atoms with Crippen molar-refractivity contribution in [1.82, 2.24) is 10.3 Å². The number of nitrogens with one attached hydrogen (secondary N) is 1. The number of nitrogens with zero attached hydrogens (tertiary/aromatic N) is 1. The van der Waals surface area contributed by atoms with Crippen LogP contribution in [0.5, 0.6) is 0 Å². The molecule has 0 spiro atoms. The largest absolute Gasteiger partial charge is 0.469 e. The fourth-order valence-electron chi connectivity index (χ4n) is 2.85. The van der Waals surface area contributed by atoms with E-state index in [2.05, 4.69) is 10.3 Å². The monoisotopic (exact) mass is 290 g/mol. The first-order valence-electron chi connectivity index (χ1n) is 7.37. The van der Waals surface area contributed by atoms with E-state index < -0.39 is 5.41 Å². The van der Waals surface area contributed by atoms with Crippen molar-refractivity contribution in [3.8, 4) is 0 Å². The lowest BCUT2D eigenvalue weighted by Crippen LogP contribution is -2.45. The molecule has 114 valence electrons. The van der Waals surface area contributed by atoms with Crippen molar-refractivity contribution in [2.75, 3.05) is 13.7 Å². The number of hydrogen-bond acceptors (Lipinski definition) is 4. The fourth-order valence-corrected chi connectivity index (χ4v) is 2.85. The summed E-state index contributed by atoms with van der Waals surface area (Å²) in [7, 11) is 1.41. The van der Waals surface area contributed by atoms with Crippen LogP contribution in [0, 0.1) is 12.3 Å². The predicted molar refractivity (Wildman–Crippen MR) is 78.8 cm³/mol. The van der Waals surface area contributed by atoms with Gasteiger partial charge in [-0.1, -0.05) is 19.3 Å². The van der Waals surface area contributed by atoms with E-state index in [1.165, 1.54) is 7.11 Å². The molecule has 0 saturated heterocycles. The second-order valence-corrected chi connectivity index (χ2v) is 5.70. The molecule has 2 rings (SSSR count). The van der Waals surface area contributed by atoms with Crippen LogP contribution >= 0.6 is 0 Å². The Hall–Kier alpha value is -1.91. The summed E-state index contributed by atoms with van der Waals surface area (Å²) in [5, 5.41) is 2.86. The molecular weight excluding hydrogens is 268 g/mol. The van der Waals surface area contributed by atoms with Gasteiger partial charge in [-0.2, -0.15) is 0 Å². The topological polar surface area (TPSA) is 68.3 Å². The van der Waals surface area contributed by atoms with E-state index in [-0.39, 0.29) is 11.9 Å². The highest BCUT2D eigenvalue weighted by molar-refractivity contribution is 5.94. The highest BCUT2D eigenvalue weighted by atomic mass is 16.5. The molecule has 0 unspecified atom stereocenters. The first-order chi connectivity index (χ1) is 10.1. The van der Waals surface area contributed by atoms with Gasteiger partial charge in [0.05, 0.1) is 18.1 Å². The summed E-state index contributed by atoms with van der Waals surface area (Å²) in [6, 6.07) is 3.54. The number of hydrogen-bond donors (Lipinski definition) is 1. The van der Waals surface area contributed by atoms with Crippen LogP contribution in [0.15, 0.2) is 18.3 Å². The third kappa shape index (κ3) is 3.60. The third-order valence-corrected chi connectivity index (χ3v) is 4.19. The van der Waals surface area contributed by atoms with Crippen molar-refractivity contribution in [3.05, 3.63) is 29.6 Å². The SMILES string of the molecule is COC(=O)C1(CNC(=O)c2ccc(C)nc2)CCCCC1. The number of carbonyl (C=O) groups excluding carboxylic acids is 2. The first kappa shape index (κ1) is 15.5. The van der Waals surface area contributed by atoms with Crippen LogP contribution in [0.2, 0.25) is 0 Å². The van der Waals surface area contributed by atoms with Gasteiger partial charge < -0.3 is 10.1 Å². The molecule has 1 saturated carbocycles. The van der Waals surface area contributed by atoms with E-state index >= 15 is 0 Å². The summed E-state index contributed by atoms with van der Waals surface area (Å²) < 4.78 is 4.94. The van der Waals surface area contributed by atoms with E-state index in [4.69, 9.17) is 4.74 Å². The van der Waals surface area contributed by atoms with Crippen molar-refractivity contribution < 1.29 is 14.3 Å². The van der Waals surface area contributed by atoms with E-state index in [1.54, 1.807) is 18.3 Å². The van der Waals surface area contributed by atoms with Crippen molar-refractivity contribution in [2.24, 2.45) is 5.41 Å². The first-order valence-corrected chi connectivity index (χ1v) is 7.37. The molecule has 1 aromatic heterocycles. The number of esters is 1. The minimum atomic E-state index is -0.569. The quantitative estimate of drug-likeness (QED) is 0.864. The zero-order valence-corrected chi connectivity index (χ0v) is 12.6. The van der Waals surface area contributed by atoms with Gasteiger partial charge in [0, 0.05) is 18.4 Å². The van der Waals surface area contributed by atoms with E-state index in [1.807, 2.05) is 6.92 Å². The van der Waals surface area contributed by atoms with E-state index in [0.717, 1.165) is 37.8 Å². The van der Waals surface area contributed by atoms with Gasteiger partial charge in [0.2, 0.25) is 0 Å². The molecule has 1 fully saturated rings. The van der Waals surface area contributed by atoms with Gasteiger partial charge in [-0.3, -0.25) is 14.6 Å². The maximum atomic E-state index is 12.1. The summed E-state index contributed by atoms with van der Waals surface area (Å²) in [5.41, 5.74) is 0.808. The molecule has 1 N–H and O–H groups in total. The number of methoxy groups -OCH3 is 1. The molecule has 0 radical (unpaired) electrons. The van der Waals surface area contributed by atoms with Crippen LogP contribution in [0.1, 0.15) is 48.2 Å². The van der Waals surface area contributed by atoms with Crippen LogP contribution in [-0.2, 0) is 9.53 Å². The highest BCUT2D eigenvalue weighted by Crippen LogP contribution is 2.36. The minimum absolute atomic E-state index is 0.198. The molecule has 1 heterocycles. The van der Waals surface area contributed by atoms with Crippen molar-refractivity contribution in [2.45, 2.75) is 39.0 Å². The van der Waals surface area contributed by atoms with Gasteiger partial charge in [-0.25, -0.2) is 0 Å². The summed E-state index contributed by atoms with van der Waals surface area (Å²) in [4.78, 5) is 28.4. The third-order valence-electron chi connectivity index (χ3n) is 4.19. The number of rotatable bonds is 4. The Kier molecular flexibility index (Phi) is 4.94. The van der Waals surface area contributed by atoms with Crippen molar-refractivity contribution in [1.29, 1.82) is 0 Å². The van der Waals surface area contributed by atoms with Gasteiger partial charge in [0.1, 0.15) is 0 Å². The number of pyridine rings is 1. The molecular formula is C16H22N2O3. The van der Waals surface area contributed by atoms with E-state index in [9.17, 15) is 9.59 Å². The molecule has 21 heavy (non-hydrogen) atoms. The Bertz CT molecular complexity index is 505. The second-order valence-electron chi connectivity index (χ2n) is 5.70. The maximum absolute atomic E-state index is 12.1. The number of ether oxygens (including phenoxy) is 1. The van der Waals surface area contributed by atoms with E-state index in [0.29, 0.717) is 12.1 Å². The van der Waals surface area contributed by atoms with Gasteiger partial charge in [-0.05, 0) is 31.9 Å². The van der Waals surface area contributed by atoms with Crippen LogP contribution in [-0.4, -0.2) is 30.5 Å². The Morgan fingerprint density at radius 1 is 1.29 bits per heavy atom. The molecule has 1 aromatic rings. The lowest BCUT2D eigenvalue weighted by Gasteiger charge is -2.34. The smallest absolute Gasteiger partial charge is 0.313 e. The molecule has 1 aliphatic rings. The highest BCUT2D eigenvalue weighted by Gasteiger charge is 2.40. The average molecular weight is 290 g/mol. The van der Waals surface area contributed by atoms with Crippen LogP contribution in [0.3, 0.4) is 0 Å². The lowest BCUT2D eigenvalue weighted by molar-refractivity contribution is -0.154. The normalized spacial score (nSPS) is 17.0. The van der Waals surface area contributed by atoms with Gasteiger partial charge >= 0.3 is 5.97 Å². The Morgan fingerprint density at radius 3 is 2.57 bits per heavy atom. The molecule has 5 heteroatoms. The minimum Gasteiger partial charge on any atom is -0.469 e. The van der Waals surface area contributed by atoms with Crippen LogP contribution in [0.4, 0.5) is 0 Å². The summed E-state index contributed by atoms with van der Waals surface area (Å²) in [6.45, 7) is 2.20. The molecule has 0 bridgehead atoms. The predicted octanol–water partition coefficient (Wildman–Crippen LogP) is 2.24. The molecule has 5 nitrogen and oxygen atoms in total. The lowest BCUT2D eigenvalue weighted by atomic mass is 9.74. The number of aryl methyl sites for hydroxylation is 1. The standard InChI is InChI=1S/C16H22N2O3/c1-12-6-7-13(10-17-12)14(19)18-11-16(15(20)21-2)8-4-3-5-9-16/h6-7,10H,3-5,8-9,11H2,1-2H3,(H,18,19). The van der Waals surface area contributed by atoms with Crippen LogP contribution in [0.25, 0.3) is 0 Å². The number of amides is 1. The van der Waals surface area contributed by atoms with Gasteiger partial charge in [0.15, 0.2) is 0 Å². The number of aromatic nitrogens is 1. The van der Waals surface area contributed by atoms with Crippen molar-refractivity contribution >= 4 is 11.9 Å². The van der Waals surface area contributed by atoms with Crippen molar-refractivity contribution in [3.63, 3.8) is 0 Å². The summed E-state index contributed by atoms with van der Waals surface area (Å²) in [5.74, 6) is -0.416. The zero-order valence-electron chi connectivity index (χ0n) is 12.6.